The summed E-state index contributed by atoms with van der Waals surface area (Å²) in [6.45, 7) is 0.699. The van der Waals surface area contributed by atoms with E-state index in [1.54, 1.807) is 0 Å². The number of Topliss-reactive ketones (excluding diaryl/α,β-unsaturated/α-hetero) is 1. The van der Waals surface area contributed by atoms with E-state index in [-0.39, 0.29) is 0 Å². The number of alkyl halides is 6. The molecular weight excluding hydrogens is 258 g/mol. The van der Waals surface area contributed by atoms with Crippen LogP contribution in [0.5, 0.6) is 0 Å². The molecule has 0 radical (unpaired) electrons. The zero-order chi connectivity index (χ0) is 13.9. The Morgan fingerprint density at radius 3 is 1.88 bits per heavy atom. The molecule has 0 aromatic heterocycles. The zero-order valence-electron chi connectivity index (χ0n) is 8.48. The number of esters is 1. The Morgan fingerprint density at radius 1 is 1.12 bits per heavy atom. The molecule has 0 saturated carbocycles. The van der Waals surface area contributed by atoms with Crippen molar-refractivity contribution in [3.05, 3.63) is 0 Å². The van der Waals surface area contributed by atoms with Crippen molar-refractivity contribution in [1.29, 1.82) is 0 Å². The van der Waals surface area contributed by atoms with Gasteiger partial charge in [0, 0.05) is 0 Å². The fraction of sp³-hybridized carbons (Fsp3) is 0.750. The topological polar surface area (TPSA) is 43.4 Å². The third-order valence-corrected chi connectivity index (χ3v) is 1.55. The van der Waals surface area contributed by atoms with Crippen molar-refractivity contribution < 1.29 is 40.7 Å². The third-order valence-electron chi connectivity index (χ3n) is 1.55. The first-order valence-electron chi connectivity index (χ1n) is 4.32. The SMILES string of the molecule is CCOC(=O)C(C(=O)CC(F)(F)F)C(F)(F)F. The number of carbonyl (C=O) groups excluding carboxylic acids is 2. The number of rotatable bonds is 4. The van der Waals surface area contributed by atoms with Gasteiger partial charge in [0.25, 0.3) is 0 Å². The quantitative estimate of drug-likeness (QED) is 0.445. The monoisotopic (exact) mass is 266 g/mol. The van der Waals surface area contributed by atoms with Crippen LogP contribution in [0.2, 0.25) is 0 Å². The molecule has 0 aliphatic carbocycles. The van der Waals surface area contributed by atoms with Crippen LogP contribution in [0.1, 0.15) is 13.3 Å². The van der Waals surface area contributed by atoms with Gasteiger partial charge in [0.1, 0.15) is 6.42 Å². The summed E-state index contributed by atoms with van der Waals surface area (Å²) in [5, 5.41) is 0. The maximum absolute atomic E-state index is 12.2. The van der Waals surface area contributed by atoms with E-state index in [9.17, 15) is 35.9 Å². The second kappa shape index (κ2) is 5.37. The smallest absolute Gasteiger partial charge is 0.409 e. The van der Waals surface area contributed by atoms with Gasteiger partial charge in [-0.1, -0.05) is 0 Å². The molecule has 1 unspecified atom stereocenters. The van der Waals surface area contributed by atoms with E-state index < -0.39 is 43.1 Å². The molecule has 0 bridgehead atoms. The Kier molecular flexibility index (Phi) is 4.96. The van der Waals surface area contributed by atoms with E-state index in [4.69, 9.17) is 0 Å². The predicted octanol–water partition coefficient (Wildman–Crippen LogP) is 2.25. The van der Waals surface area contributed by atoms with Crippen molar-refractivity contribution in [3.63, 3.8) is 0 Å². The summed E-state index contributed by atoms with van der Waals surface area (Å²) in [5.41, 5.74) is 0. The van der Waals surface area contributed by atoms with Crippen molar-refractivity contribution in [2.75, 3.05) is 6.61 Å². The molecule has 0 rings (SSSR count). The number of hydrogen-bond acceptors (Lipinski definition) is 3. The van der Waals surface area contributed by atoms with Crippen LogP contribution in [-0.4, -0.2) is 30.7 Å². The summed E-state index contributed by atoms with van der Waals surface area (Å²) in [4.78, 5) is 21.6. The predicted molar refractivity (Wildman–Crippen MR) is 41.9 cm³/mol. The lowest BCUT2D eigenvalue weighted by Crippen LogP contribution is -2.40. The molecule has 100 valence electrons. The first kappa shape index (κ1) is 15.7. The standard InChI is InChI=1S/C8H8F6O3/c1-2-17-6(16)5(8(12,13)14)4(15)3-7(9,10)11/h5H,2-3H2,1H3. The zero-order valence-corrected chi connectivity index (χ0v) is 8.48. The van der Waals surface area contributed by atoms with E-state index in [1.165, 1.54) is 6.92 Å². The Hall–Kier alpha value is -1.28. The molecule has 0 aliphatic heterocycles. The van der Waals surface area contributed by atoms with Crippen LogP contribution in [0.4, 0.5) is 26.3 Å². The van der Waals surface area contributed by atoms with Crippen molar-refractivity contribution in [1.82, 2.24) is 0 Å². The van der Waals surface area contributed by atoms with Gasteiger partial charge in [0.05, 0.1) is 6.61 Å². The number of carbonyl (C=O) groups is 2. The first-order valence-corrected chi connectivity index (χ1v) is 4.32. The van der Waals surface area contributed by atoms with Gasteiger partial charge in [0.15, 0.2) is 5.78 Å². The molecule has 9 heteroatoms. The Balaban J connectivity index is 4.95. The van der Waals surface area contributed by atoms with Crippen LogP contribution in [0.15, 0.2) is 0 Å². The molecule has 0 amide bonds. The Morgan fingerprint density at radius 2 is 1.59 bits per heavy atom. The molecule has 0 spiro atoms. The Labute approximate surface area is 91.7 Å². The van der Waals surface area contributed by atoms with E-state index in [1.807, 2.05) is 0 Å². The molecule has 0 fully saturated rings. The van der Waals surface area contributed by atoms with Crippen molar-refractivity contribution in [3.8, 4) is 0 Å². The summed E-state index contributed by atoms with van der Waals surface area (Å²) >= 11 is 0. The second-order valence-corrected chi connectivity index (χ2v) is 2.98. The summed E-state index contributed by atoms with van der Waals surface area (Å²) in [5.74, 6) is -7.68. The van der Waals surface area contributed by atoms with Crippen LogP contribution >= 0.6 is 0 Å². The summed E-state index contributed by atoms with van der Waals surface area (Å²) in [7, 11) is 0. The van der Waals surface area contributed by atoms with Crippen molar-refractivity contribution in [2.24, 2.45) is 5.92 Å². The minimum atomic E-state index is -5.39. The van der Waals surface area contributed by atoms with E-state index >= 15 is 0 Å². The summed E-state index contributed by atoms with van der Waals surface area (Å²) in [6.07, 6.45) is -12.8. The van der Waals surface area contributed by atoms with Gasteiger partial charge in [-0.3, -0.25) is 9.59 Å². The largest absolute Gasteiger partial charge is 0.465 e. The molecule has 17 heavy (non-hydrogen) atoms. The fourth-order valence-electron chi connectivity index (χ4n) is 0.973. The molecule has 0 aromatic rings. The third kappa shape index (κ3) is 5.55. The number of halogens is 6. The van der Waals surface area contributed by atoms with Crippen LogP contribution < -0.4 is 0 Å². The highest BCUT2D eigenvalue weighted by atomic mass is 19.4. The average molecular weight is 266 g/mol. The van der Waals surface area contributed by atoms with Crippen LogP contribution in [0, 0.1) is 5.92 Å². The molecule has 0 N–H and O–H groups in total. The number of hydrogen-bond donors (Lipinski definition) is 0. The minimum absolute atomic E-state index is 0.468. The van der Waals surface area contributed by atoms with Crippen molar-refractivity contribution >= 4 is 11.8 Å². The second-order valence-electron chi connectivity index (χ2n) is 2.98. The maximum Gasteiger partial charge on any atom is 0.409 e. The lowest BCUT2D eigenvalue weighted by molar-refractivity contribution is -0.202. The molecule has 0 saturated heterocycles. The normalized spacial score (nSPS) is 14.3. The maximum atomic E-state index is 12.2. The van der Waals surface area contributed by atoms with Crippen LogP contribution in [0.3, 0.4) is 0 Å². The lowest BCUT2D eigenvalue weighted by Gasteiger charge is -2.18. The van der Waals surface area contributed by atoms with Gasteiger partial charge in [-0.05, 0) is 6.92 Å². The highest BCUT2D eigenvalue weighted by Gasteiger charge is 2.53. The van der Waals surface area contributed by atoms with Gasteiger partial charge in [-0.15, -0.1) is 0 Å². The molecule has 0 aromatic carbocycles. The van der Waals surface area contributed by atoms with Gasteiger partial charge in [-0.25, -0.2) is 0 Å². The average Bonchev–Trinajstić information content (AvgIpc) is 1.96. The van der Waals surface area contributed by atoms with Crippen LogP contribution in [-0.2, 0) is 14.3 Å². The van der Waals surface area contributed by atoms with E-state index in [0.29, 0.717) is 0 Å². The highest BCUT2D eigenvalue weighted by Crippen LogP contribution is 2.32. The highest BCUT2D eigenvalue weighted by molar-refractivity contribution is 6.00. The number of ether oxygens (including phenoxy) is 1. The number of ketones is 1. The van der Waals surface area contributed by atoms with Gasteiger partial charge in [-0.2, -0.15) is 26.3 Å². The summed E-state index contributed by atoms with van der Waals surface area (Å²) < 4.78 is 75.9. The molecular formula is C8H8F6O3. The Bertz CT molecular complexity index is 293. The van der Waals surface area contributed by atoms with Gasteiger partial charge >= 0.3 is 18.3 Å². The van der Waals surface area contributed by atoms with Gasteiger partial charge in [0.2, 0.25) is 5.92 Å². The van der Waals surface area contributed by atoms with E-state index in [0.717, 1.165) is 0 Å². The molecule has 3 nitrogen and oxygen atoms in total. The first-order chi connectivity index (χ1) is 7.49. The lowest BCUT2D eigenvalue weighted by atomic mass is 10.0. The van der Waals surface area contributed by atoms with Crippen LogP contribution in [0.25, 0.3) is 0 Å². The molecule has 0 aliphatic rings. The van der Waals surface area contributed by atoms with Gasteiger partial charge < -0.3 is 4.74 Å². The fourth-order valence-corrected chi connectivity index (χ4v) is 0.973. The van der Waals surface area contributed by atoms with Crippen molar-refractivity contribution in [2.45, 2.75) is 25.7 Å². The van der Waals surface area contributed by atoms with E-state index in [2.05, 4.69) is 4.74 Å². The molecule has 1 atom stereocenters. The molecule has 0 heterocycles. The minimum Gasteiger partial charge on any atom is -0.465 e. The summed E-state index contributed by atoms with van der Waals surface area (Å²) in [6, 6.07) is 0.